The predicted molar refractivity (Wildman–Crippen MR) is 84.7 cm³/mol. The van der Waals surface area contributed by atoms with Crippen molar-refractivity contribution in [3.63, 3.8) is 0 Å². The number of carbonyl (C=O) groups is 1. The van der Waals surface area contributed by atoms with Crippen molar-refractivity contribution in [2.24, 2.45) is 5.41 Å². The fraction of sp³-hybridized carbons (Fsp3) is 0.688. The van der Waals surface area contributed by atoms with E-state index in [0.717, 1.165) is 17.9 Å². The van der Waals surface area contributed by atoms with Crippen LogP contribution in [0, 0.1) is 5.41 Å². The second kappa shape index (κ2) is 8.19. The van der Waals surface area contributed by atoms with E-state index in [-0.39, 0.29) is 30.6 Å². The molecule has 3 N–H and O–H groups in total. The molecular formula is C16H28N2O4. The van der Waals surface area contributed by atoms with Gasteiger partial charge in [0.2, 0.25) is 0 Å². The number of furan rings is 1. The van der Waals surface area contributed by atoms with Gasteiger partial charge in [0.1, 0.15) is 11.5 Å². The summed E-state index contributed by atoms with van der Waals surface area (Å²) in [6.45, 7) is 8.44. The van der Waals surface area contributed by atoms with Crippen molar-refractivity contribution in [2.45, 2.75) is 46.3 Å². The Morgan fingerprint density at radius 1 is 1.41 bits per heavy atom. The number of aliphatic hydroxyl groups excluding tert-OH is 1. The van der Waals surface area contributed by atoms with E-state index < -0.39 is 6.10 Å². The van der Waals surface area contributed by atoms with Gasteiger partial charge in [0.05, 0.1) is 18.8 Å². The highest BCUT2D eigenvalue weighted by atomic mass is 16.5. The van der Waals surface area contributed by atoms with Crippen LogP contribution in [0.2, 0.25) is 0 Å². The van der Waals surface area contributed by atoms with E-state index in [2.05, 4.69) is 10.6 Å². The molecule has 2 amide bonds. The zero-order chi connectivity index (χ0) is 16.8. The summed E-state index contributed by atoms with van der Waals surface area (Å²) in [6.07, 6.45) is 0.0888. The van der Waals surface area contributed by atoms with Crippen molar-refractivity contribution in [2.75, 3.05) is 20.3 Å². The molecule has 0 spiro atoms. The van der Waals surface area contributed by atoms with Gasteiger partial charge in [-0.3, -0.25) is 0 Å². The van der Waals surface area contributed by atoms with Gasteiger partial charge in [0, 0.05) is 20.1 Å². The minimum absolute atomic E-state index is 0.134. The molecule has 0 aliphatic rings. The van der Waals surface area contributed by atoms with E-state index in [9.17, 15) is 9.90 Å². The molecule has 22 heavy (non-hydrogen) atoms. The summed E-state index contributed by atoms with van der Waals surface area (Å²) in [7, 11) is 1.50. The molecule has 1 aromatic heterocycles. The van der Waals surface area contributed by atoms with E-state index in [1.54, 1.807) is 0 Å². The Bertz CT molecular complexity index is 465. The van der Waals surface area contributed by atoms with E-state index in [1.807, 2.05) is 39.8 Å². The summed E-state index contributed by atoms with van der Waals surface area (Å²) in [5.41, 5.74) is -0.203. The quantitative estimate of drug-likeness (QED) is 0.721. The average Bonchev–Trinajstić information content (AvgIpc) is 2.90. The number of rotatable bonds is 7. The first-order valence-electron chi connectivity index (χ1n) is 7.57. The highest BCUT2D eigenvalue weighted by molar-refractivity contribution is 5.74. The maximum absolute atomic E-state index is 12.0. The number of carbonyl (C=O) groups excluding carboxylic acids is 1. The van der Waals surface area contributed by atoms with E-state index >= 15 is 0 Å². The largest absolute Gasteiger partial charge is 0.464 e. The van der Waals surface area contributed by atoms with Crippen molar-refractivity contribution < 1.29 is 19.1 Å². The molecule has 6 nitrogen and oxygen atoms in total. The van der Waals surface area contributed by atoms with Crippen LogP contribution in [0.15, 0.2) is 16.5 Å². The average molecular weight is 312 g/mol. The molecule has 1 rings (SSSR count). The fourth-order valence-electron chi connectivity index (χ4n) is 2.10. The van der Waals surface area contributed by atoms with Gasteiger partial charge in [-0.1, -0.05) is 27.7 Å². The molecule has 0 radical (unpaired) electrons. The molecule has 0 aliphatic heterocycles. The molecule has 0 fully saturated rings. The van der Waals surface area contributed by atoms with Crippen LogP contribution in [-0.4, -0.2) is 37.5 Å². The van der Waals surface area contributed by atoms with Gasteiger partial charge in [0.15, 0.2) is 0 Å². The van der Waals surface area contributed by atoms with Crippen LogP contribution in [-0.2, 0) is 11.2 Å². The summed E-state index contributed by atoms with van der Waals surface area (Å²) >= 11 is 0. The molecule has 2 unspecified atom stereocenters. The molecule has 0 bridgehead atoms. The van der Waals surface area contributed by atoms with Crippen molar-refractivity contribution in [3.8, 4) is 0 Å². The van der Waals surface area contributed by atoms with Crippen LogP contribution >= 0.6 is 0 Å². The molecule has 0 saturated heterocycles. The minimum atomic E-state index is -0.723. The van der Waals surface area contributed by atoms with Gasteiger partial charge < -0.3 is 24.9 Å². The highest BCUT2D eigenvalue weighted by Gasteiger charge is 2.30. The predicted octanol–water partition coefficient (Wildman–Crippen LogP) is 2.24. The fourth-order valence-corrected chi connectivity index (χ4v) is 2.10. The Kier molecular flexibility index (Phi) is 6.90. The number of nitrogens with one attached hydrogen (secondary N) is 2. The Morgan fingerprint density at radius 2 is 2.09 bits per heavy atom. The monoisotopic (exact) mass is 312 g/mol. The molecular weight excluding hydrogens is 284 g/mol. The van der Waals surface area contributed by atoms with Crippen LogP contribution in [0.5, 0.6) is 0 Å². The summed E-state index contributed by atoms with van der Waals surface area (Å²) in [5.74, 6) is 1.62. The zero-order valence-electron chi connectivity index (χ0n) is 14.1. The standard InChI is InChI=1S/C16H28N2O4/c1-6-12-7-8-13(22-12)14(16(2,3)4)18-15(20)17-9-11(19)10-21-5/h7-8,11,14,19H,6,9-10H2,1-5H3,(H2,17,18,20). The first kappa shape index (κ1) is 18.5. The van der Waals surface area contributed by atoms with Gasteiger partial charge in [-0.15, -0.1) is 0 Å². The van der Waals surface area contributed by atoms with Crippen LogP contribution < -0.4 is 10.6 Å². The zero-order valence-corrected chi connectivity index (χ0v) is 14.1. The van der Waals surface area contributed by atoms with Crippen LogP contribution in [0.25, 0.3) is 0 Å². The Balaban J connectivity index is 2.68. The number of urea groups is 1. The maximum atomic E-state index is 12.0. The van der Waals surface area contributed by atoms with E-state index in [1.165, 1.54) is 7.11 Å². The van der Waals surface area contributed by atoms with Gasteiger partial charge in [-0.2, -0.15) is 0 Å². The Labute approximate surface area is 132 Å². The Morgan fingerprint density at radius 3 is 2.59 bits per heavy atom. The number of aliphatic hydroxyl groups is 1. The smallest absolute Gasteiger partial charge is 0.315 e. The number of methoxy groups -OCH3 is 1. The molecule has 2 atom stereocenters. The highest BCUT2D eigenvalue weighted by Crippen LogP contribution is 2.33. The maximum Gasteiger partial charge on any atom is 0.315 e. The minimum Gasteiger partial charge on any atom is -0.464 e. The summed E-state index contributed by atoms with van der Waals surface area (Å²) < 4.78 is 10.6. The number of hydrogen-bond acceptors (Lipinski definition) is 4. The lowest BCUT2D eigenvalue weighted by atomic mass is 9.85. The van der Waals surface area contributed by atoms with E-state index in [4.69, 9.17) is 9.15 Å². The molecule has 0 aromatic carbocycles. The van der Waals surface area contributed by atoms with Gasteiger partial charge in [-0.25, -0.2) is 4.79 Å². The number of aryl methyl sites for hydroxylation is 1. The first-order valence-corrected chi connectivity index (χ1v) is 7.57. The third-order valence-corrected chi connectivity index (χ3v) is 3.31. The lowest BCUT2D eigenvalue weighted by Gasteiger charge is -2.30. The van der Waals surface area contributed by atoms with Crippen LogP contribution in [0.4, 0.5) is 4.79 Å². The molecule has 126 valence electrons. The lowest BCUT2D eigenvalue weighted by molar-refractivity contribution is 0.0657. The summed E-state index contributed by atoms with van der Waals surface area (Å²) in [5, 5.41) is 15.1. The number of hydrogen-bond donors (Lipinski definition) is 3. The van der Waals surface area contributed by atoms with Crippen LogP contribution in [0.1, 0.15) is 45.3 Å². The van der Waals surface area contributed by atoms with Gasteiger partial charge in [-0.05, 0) is 17.5 Å². The second-order valence-electron chi connectivity index (χ2n) is 6.42. The van der Waals surface area contributed by atoms with Crippen molar-refractivity contribution in [3.05, 3.63) is 23.7 Å². The first-order chi connectivity index (χ1) is 10.3. The molecule has 6 heteroatoms. The summed E-state index contributed by atoms with van der Waals surface area (Å²) in [6, 6.07) is 3.22. The third kappa shape index (κ3) is 5.69. The number of amides is 2. The number of ether oxygens (including phenoxy) is 1. The van der Waals surface area contributed by atoms with Gasteiger partial charge in [0.25, 0.3) is 0 Å². The normalized spacial score (nSPS) is 14.5. The topological polar surface area (TPSA) is 83.7 Å². The van der Waals surface area contributed by atoms with E-state index in [0.29, 0.717) is 0 Å². The van der Waals surface area contributed by atoms with Crippen molar-refractivity contribution in [1.29, 1.82) is 0 Å². The molecule has 0 saturated carbocycles. The van der Waals surface area contributed by atoms with Crippen molar-refractivity contribution >= 4 is 6.03 Å². The third-order valence-electron chi connectivity index (χ3n) is 3.31. The van der Waals surface area contributed by atoms with Gasteiger partial charge >= 0.3 is 6.03 Å². The van der Waals surface area contributed by atoms with Crippen molar-refractivity contribution in [1.82, 2.24) is 10.6 Å². The van der Waals surface area contributed by atoms with Crippen LogP contribution in [0.3, 0.4) is 0 Å². The second-order valence-corrected chi connectivity index (χ2v) is 6.42. The SMILES string of the molecule is CCc1ccc(C(NC(=O)NCC(O)COC)C(C)(C)C)o1. The molecule has 0 aliphatic carbocycles. The molecule has 1 heterocycles. The lowest BCUT2D eigenvalue weighted by Crippen LogP contribution is -2.45. The Hall–Kier alpha value is -1.53. The summed E-state index contributed by atoms with van der Waals surface area (Å²) in [4.78, 5) is 12.0. The molecule has 1 aromatic rings.